The number of carbonyl (C=O) groups is 2. The van der Waals surface area contributed by atoms with Gasteiger partial charge in [0.05, 0.1) is 12.6 Å². The fraction of sp³-hybridized carbons (Fsp3) is 0.455. The van der Waals surface area contributed by atoms with Crippen LogP contribution in [0.25, 0.3) is 0 Å². The maximum atomic E-state index is 13.3. The third-order valence-electron chi connectivity index (χ3n) is 5.32. The van der Waals surface area contributed by atoms with Crippen molar-refractivity contribution in [2.75, 3.05) is 33.4 Å². The van der Waals surface area contributed by atoms with E-state index in [0.717, 1.165) is 18.4 Å². The van der Waals surface area contributed by atoms with Gasteiger partial charge in [-0.25, -0.2) is 0 Å². The first kappa shape index (κ1) is 20.6. The molecule has 1 aliphatic heterocycles. The lowest BCUT2D eigenvalue weighted by Crippen LogP contribution is -2.46. The molecule has 150 valence electrons. The number of carbonyl (C=O) groups excluding carboxylic acids is 2. The van der Waals surface area contributed by atoms with Gasteiger partial charge in [0.15, 0.2) is 0 Å². The van der Waals surface area contributed by atoms with Gasteiger partial charge in [-0.2, -0.15) is 0 Å². The van der Waals surface area contributed by atoms with E-state index in [9.17, 15) is 9.59 Å². The molecule has 28 heavy (non-hydrogen) atoms. The van der Waals surface area contributed by atoms with Crippen molar-refractivity contribution in [2.24, 2.45) is 0 Å². The molecule has 0 unspecified atom stereocenters. The molecule has 1 atom stereocenters. The van der Waals surface area contributed by atoms with Gasteiger partial charge in [0.1, 0.15) is 0 Å². The van der Waals surface area contributed by atoms with Crippen molar-refractivity contribution in [1.82, 2.24) is 9.80 Å². The molecule has 2 amide bonds. The zero-order valence-electron chi connectivity index (χ0n) is 16.8. The Morgan fingerprint density at radius 3 is 2.75 bits per heavy atom. The Morgan fingerprint density at radius 2 is 2.04 bits per heavy atom. The van der Waals surface area contributed by atoms with Crippen LogP contribution in [-0.2, 0) is 20.7 Å². The minimum atomic E-state index is -0.0866. The summed E-state index contributed by atoms with van der Waals surface area (Å²) < 4.78 is 5.08. The van der Waals surface area contributed by atoms with E-state index in [1.54, 1.807) is 23.3 Å². The van der Waals surface area contributed by atoms with E-state index in [4.69, 9.17) is 4.74 Å². The minimum Gasteiger partial charge on any atom is -0.385 e. The van der Waals surface area contributed by atoms with Crippen LogP contribution < -0.4 is 0 Å². The number of aryl methyl sites for hydroxylation is 1. The van der Waals surface area contributed by atoms with Crippen LogP contribution in [0.15, 0.2) is 35.7 Å². The van der Waals surface area contributed by atoms with Crippen LogP contribution in [0.2, 0.25) is 0 Å². The predicted molar refractivity (Wildman–Crippen MR) is 112 cm³/mol. The Morgan fingerprint density at radius 1 is 1.25 bits per heavy atom. The lowest BCUT2D eigenvalue weighted by atomic mass is 9.90. The number of hydrogen-bond donors (Lipinski definition) is 0. The zero-order chi connectivity index (χ0) is 20.1. The number of nitrogens with zero attached hydrogens (tertiary/aromatic N) is 2. The van der Waals surface area contributed by atoms with Gasteiger partial charge >= 0.3 is 0 Å². The average molecular weight is 401 g/mol. The highest BCUT2D eigenvalue weighted by Crippen LogP contribution is 2.38. The molecule has 0 saturated heterocycles. The molecular weight excluding hydrogens is 372 g/mol. The van der Waals surface area contributed by atoms with E-state index in [0.29, 0.717) is 19.7 Å². The zero-order valence-corrected chi connectivity index (χ0v) is 17.6. The maximum Gasteiger partial charge on any atom is 0.242 e. The first-order valence-corrected chi connectivity index (χ1v) is 10.6. The van der Waals surface area contributed by atoms with Crippen LogP contribution in [0.5, 0.6) is 0 Å². The average Bonchev–Trinajstić information content (AvgIpc) is 3.15. The van der Waals surface area contributed by atoms with E-state index in [2.05, 4.69) is 30.5 Å². The second-order valence-electron chi connectivity index (χ2n) is 7.18. The molecule has 0 spiro atoms. The van der Waals surface area contributed by atoms with Gasteiger partial charge in [0.2, 0.25) is 11.8 Å². The Balaban J connectivity index is 1.85. The normalized spacial score (nSPS) is 16.0. The second-order valence-corrected chi connectivity index (χ2v) is 8.18. The fourth-order valence-corrected chi connectivity index (χ4v) is 4.72. The van der Waals surface area contributed by atoms with Gasteiger partial charge in [-0.05, 0) is 47.9 Å². The number of rotatable bonds is 7. The van der Waals surface area contributed by atoms with Crippen LogP contribution in [0, 0.1) is 6.92 Å². The van der Waals surface area contributed by atoms with E-state index in [1.807, 2.05) is 17.0 Å². The monoisotopic (exact) mass is 400 g/mol. The fourth-order valence-electron chi connectivity index (χ4n) is 3.82. The van der Waals surface area contributed by atoms with Crippen molar-refractivity contribution < 1.29 is 14.3 Å². The van der Waals surface area contributed by atoms with Crippen LogP contribution in [0.3, 0.4) is 0 Å². The van der Waals surface area contributed by atoms with Gasteiger partial charge in [0.25, 0.3) is 0 Å². The summed E-state index contributed by atoms with van der Waals surface area (Å²) in [7, 11) is 1.64. The molecule has 0 N–H and O–H groups in total. The van der Waals surface area contributed by atoms with Crippen LogP contribution in [0.4, 0.5) is 0 Å². The summed E-state index contributed by atoms with van der Waals surface area (Å²) in [6, 6.07) is 10.3. The molecule has 0 aliphatic carbocycles. The highest BCUT2D eigenvalue weighted by molar-refractivity contribution is 7.10. The topological polar surface area (TPSA) is 49.9 Å². The van der Waals surface area contributed by atoms with E-state index < -0.39 is 0 Å². The minimum absolute atomic E-state index is 0.00211. The standard InChI is InChI=1S/C22H28N2O3S/c1-16-7-4-5-8-18(16)22-19-10-14-28-20(19)9-12-24(22)21(26)15-23(17(2)25)11-6-13-27-3/h4-5,7-8,10,14,22H,6,9,11-13,15H2,1-3H3/t22-/m0/s1. The van der Waals surface area contributed by atoms with Gasteiger partial charge in [0, 0.05) is 38.6 Å². The summed E-state index contributed by atoms with van der Waals surface area (Å²) in [5, 5.41) is 2.11. The summed E-state index contributed by atoms with van der Waals surface area (Å²) in [5.41, 5.74) is 3.55. The largest absolute Gasteiger partial charge is 0.385 e. The van der Waals surface area contributed by atoms with Crippen LogP contribution in [-0.4, -0.2) is 55.0 Å². The molecule has 0 bridgehead atoms. The number of fused-ring (bicyclic) bond motifs is 1. The van der Waals surface area contributed by atoms with Crippen molar-refractivity contribution in [2.45, 2.75) is 32.7 Å². The smallest absolute Gasteiger partial charge is 0.242 e. The van der Waals surface area contributed by atoms with Crippen LogP contribution >= 0.6 is 11.3 Å². The van der Waals surface area contributed by atoms with E-state index in [-0.39, 0.29) is 24.4 Å². The summed E-state index contributed by atoms with van der Waals surface area (Å²) >= 11 is 1.76. The molecular formula is C22H28N2O3S. The van der Waals surface area contributed by atoms with Crippen molar-refractivity contribution in [3.8, 4) is 0 Å². The molecule has 1 aromatic heterocycles. The molecule has 2 aromatic rings. The number of amides is 2. The number of hydrogen-bond acceptors (Lipinski definition) is 4. The SMILES string of the molecule is COCCCN(CC(=O)N1CCc2sccc2[C@@H]1c1ccccc1C)C(C)=O. The number of thiophene rings is 1. The van der Waals surface area contributed by atoms with Gasteiger partial charge in [-0.3, -0.25) is 9.59 Å². The second kappa shape index (κ2) is 9.34. The van der Waals surface area contributed by atoms with Gasteiger partial charge in [-0.15, -0.1) is 11.3 Å². The Kier molecular flexibility index (Phi) is 6.86. The molecule has 3 rings (SSSR count). The highest BCUT2D eigenvalue weighted by atomic mass is 32.1. The number of benzene rings is 1. The highest BCUT2D eigenvalue weighted by Gasteiger charge is 2.34. The summed E-state index contributed by atoms with van der Waals surface area (Å²) in [6.45, 7) is 5.50. The Hall–Kier alpha value is -2.18. The van der Waals surface area contributed by atoms with Crippen LogP contribution in [0.1, 0.15) is 41.0 Å². The molecule has 1 aliphatic rings. The molecule has 2 heterocycles. The molecule has 0 fully saturated rings. The lowest BCUT2D eigenvalue weighted by Gasteiger charge is -2.38. The summed E-state index contributed by atoms with van der Waals surface area (Å²) in [6.07, 6.45) is 1.59. The van der Waals surface area contributed by atoms with Gasteiger partial charge in [-0.1, -0.05) is 24.3 Å². The lowest BCUT2D eigenvalue weighted by molar-refractivity contribution is -0.140. The third-order valence-corrected chi connectivity index (χ3v) is 6.31. The molecule has 0 saturated carbocycles. The summed E-state index contributed by atoms with van der Waals surface area (Å²) in [5.74, 6) is -0.0807. The van der Waals surface area contributed by atoms with E-state index >= 15 is 0 Å². The number of ether oxygens (including phenoxy) is 1. The van der Waals surface area contributed by atoms with Crippen molar-refractivity contribution in [1.29, 1.82) is 0 Å². The van der Waals surface area contributed by atoms with Gasteiger partial charge < -0.3 is 14.5 Å². The first-order valence-electron chi connectivity index (χ1n) is 9.68. The Bertz CT molecular complexity index is 833. The molecule has 1 aromatic carbocycles. The van der Waals surface area contributed by atoms with Crippen molar-refractivity contribution in [3.63, 3.8) is 0 Å². The Labute approximate surface area is 170 Å². The molecule has 5 nitrogen and oxygen atoms in total. The van der Waals surface area contributed by atoms with E-state index in [1.165, 1.54) is 22.9 Å². The summed E-state index contributed by atoms with van der Waals surface area (Å²) in [4.78, 5) is 30.2. The van der Waals surface area contributed by atoms with Crippen molar-refractivity contribution in [3.05, 3.63) is 57.3 Å². The first-order chi connectivity index (χ1) is 13.5. The molecule has 6 heteroatoms. The quantitative estimate of drug-likeness (QED) is 0.669. The number of methoxy groups -OCH3 is 1. The molecule has 0 radical (unpaired) electrons. The predicted octanol–water partition coefficient (Wildman–Crippen LogP) is 3.42. The third kappa shape index (κ3) is 4.45. The van der Waals surface area contributed by atoms with Crippen molar-refractivity contribution >= 4 is 23.2 Å². The maximum absolute atomic E-state index is 13.3.